The zero-order valence-corrected chi connectivity index (χ0v) is 11.9. The molecule has 1 aromatic rings. The van der Waals surface area contributed by atoms with E-state index in [0.29, 0.717) is 18.0 Å². The second-order valence-electron chi connectivity index (χ2n) is 4.97. The number of anilines is 1. The average molecular weight is 268 g/mol. The van der Waals surface area contributed by atoms with Gasteiger partial charge in [0.15, 0.2) is 9.84 Å². The van der Waals surface area contributed by atoms with Crippen LogP contribution in [0, 0.1) is 13.8 Å². The van der Waals surface area contributed by atoms with Crippen LogP contribution in [-0.4, -0.2) is 33.3 Å². The first-order chi connectivity index (χ1) is 8.38. The summed E-state index contributed by atoms with van der Waals surface area (Å²) in [7, 11) is -3.15. The molecule has 1 atom stereocenters. The van der Waals surface area contributed by atoms with Gasteiger partial charge in [0.25, 0.3) is 0 Å². The molecule has 5 heteroatoms. The van der Waals surface area contributed by atoms with E-state index < -0.39 is 9.84 Å². The number of aryl methyl sites for hydroxylation is 2. The molecule has 18 heavy (non-hydrogen) atoms. The average Bonchev–Trinajstić information content (AvgIpc) is 2.32. The molecule has 1 aliphatic rings. The Bertz CT molecular complexity index is 567. The van der Waals surface area contributed by atoms with E-state index in [9.17, 15) is 8.42 Å². The molecule has 0 bridgehead atoms. The fourth-order valence-corrected chi connectivity index (χ4v) is 4.29. The summed E-state index contributed by atoms with van der Waals surface area (Å²) in [5.41, 5.74) is 8.39. The van der Waals surface area contributed by atoms with Gasteiger partial charge in [-0.3, -0.25) is 0 Å². The molecule has 0 amide bonds. The molecule has 0 aliphatic carbocycles. The summed E-state index contributed by atoms with van der Waals surface area (Å²) >= 11 is 0. The van der Waals surface area contributed by atoms with Gasteiger partial charge in [-0.15, -0.1) is 0 Å². The molecule has 1 aromatic carbocycles. The Labute approximate surface area is 109 Å². The molecule has 1 aliphatic heterocycles. The Morgan fingerprint density at radius 2 is 1.94 bits per heavy atom. The van der Waals surface area contributed by atoms with Gasteiger partial charge in [-0.1, -0.05) is 12.1 Å². The largest absolute Gasteiger partial charge is 0.365 e. The molecule has 0 fully saturated rings. The first kappa shape index (κ1) is 13.4. The number of sulfone groups is 1. The number of fused-ring (bicyclic) bond motifs is 1. The van der Waals surface area contributed by atoms with Crippen LogP contribution in [0.5, 0.6) is 0 Å². The van der Waals surface area contributed by atoms with Gasteiger partial charge < -0.3 is 10.6 Å². The predicted molar refractivity (Wildman–Crippen MR) is 73.8 cm³/mol. The minimum Gasteiger partial charge on any atom is -0.365 e. The summed E-state index contributed by atoms with van der Waals surface area (Å²) in [6.07, 6.45) is 0. The molecule has 0 radical (unpaired) electrons. The van der Waals surface area contributed by atoms with E-state index in [0.717, 1.165) is 16.8 Å². The molecule has 0 saturated heterocycles. The van der Waals surface area contributed by atoms with Crippen molar-refractivity contribution in [3.05, 3.63) is 23.3 Å². The molecule has 0 aromatic heterocycles. The monoisotopic (exact) mass is 268 g/mol. The van der Waals surface area contributed by atoms with Crippen LogP contribution in [0.25, 0.3) is 0 Å². The fourth-order valence-electron chi connectivity index (χ4n) is 2.52. The van der Waals surface area contributed by atoms with E-state index in [1.165, 1.54) is 0 Å². The van der Waals surface area contributed by atoms with E-state index >= 15 is 0 Å². The Morgan fingerprint density at radius 1 is 1.33 bits per heavy atom. The first-order valence-corrected chi connectivity index (χ1v) is 7.83. The summed E-state index contributed by atoms with van der Waals surface area (Å²) < 4.78 is 24.5. The van der Waals surface area contributed by atoms with E-state index in [2.05, 4.69) is 4.90 Å². The Morgan fingerprint density at radius 3 is 2.56 bits per heavy atom. The minimum atomic E-state index is -3.15. The number of rotatable bonds is 2. The maximum atomic E-state index is 12.2. The summed E-state index contributed by atoms with van der Waals surface area (Å²) in [5.74, 6) is 0.175. The molecule has 1 unspecified atom stereocenters. The lowest BCUT2D eigenvalue weighted by Crippen LogP contribution is -2.45. The highest BCUT2D eigenvalue weighted by molar-refractivity contribution is 7.91. The van der Waals surface area contributed by atoms with E-state index in [4.69, 9.17) is 5.73 Å². The second-order valence-corrected chi connectivity index (χ2v) is 7.02. The van der Waals surface area contributed by atoms with Gasteiger partial charge >= 0.3 is 0 Å². The Hall–Kier alpha value is -1.07. The third-order valence-corrected chi connectivity index (χ3v) is 5.46. The minimum absolute atomic E-state index is 0.153. The topological polar surface area (TPSA) is 63.4 Å². The molecular formula is C13H20N2O2S. The summed E-state index contributed by atoms with van der Waals surface area (Å²) in [6.45, 7) is 6.89. The summed E-state index contributed by atoms with van der Waals surface area (Å²) in [6, 6.07) is 4.01. The first-order valence-electron chi connectivity index (χ1n) is 6.18. The van der Waals surface area contributed by atoms with Crippen molar-refractivity contribution in [2.45, 2.75) is 31.7 Å². The van der Waals surface area contributed by atoms with Crippen LogP contribution < -0.4 is 10.6 Å². The molecule has 1 heterocycles. The summed E-state index contributed by atoms with van der Waals surface area (Å²) in [4.78, 5) is 2.62. The molecular weight excluding hydrogens is 248 g/mol. The Kier molecular flexibility index (Phi) is 3.38. The van der Waals surface area contributed by atoms with Gasteiger partial charge in [0.05, 0.1) is 16.3 Å². The number of nitrogens with zero attached hydrogens (tertiary/aromatic N) is 1. The summed E-state index contributed by atoms with van der Waals surface area (Å²) in [5, 5.41) is 0. The number of hydrogen-bond donors (Lipinski definition) is 1. The quantitative estimate of drug-likeness (QED) is 0.876. The standard InChI is InChI=1S/C13H20N2O2S/c1-9-4-5-10(2)13-12(9)15(11(3)8-14)6-7-18(13,16)17/h4-5,11H,6-8,14H2,1-3H3. The van der Waals surface area contributed by atoms with Crippen LogP contribution in [0.1, 0.15) is 18.1 Å². The predicted octanol–water partition coefficient (Wildman–Crippen LogP) is 1.24. The highest BCUT2D eigenvalue weighted by atomic mass is 32.2. The van der Waals surface area contributed by atoms with Crippen molar-refractivity contribution in [2.75, 3.05) is 23.7 Å². The smallest absolute Gasteiger partial charge is 0.182 e. The van der Waals surface area contributed by atoms with Crippen LogP contribution >= 0.6 is 0 Å². The number of hydrogen-bond acceptors (Lipinski definition) is 4. The van der Waals surface area contributed by atoms with Crippen LogP contribution in [-0.2, 0) is 9.84 Å². The molecule has 0 spiro atoms. The zero-order valence-electron chi connectivity index (χ0n) is 11.1. The van der Waals surface area contributed by atoms with Gasteiger partial charge in [0.1, 0.15) is 0 Å². The number of nitrogens with two attached hydrogens (primary N) is 1. The maximum Gasteiger partial charge on any atom is 0.182 e. The van der Waals surface area contributed by atoms with Crippen molar-refractivity contribution in [2.24, 2.45) is 5.73 Å². The molecule has 2 rings (SSSR count). The third-order valence-electron chi connectivity index (χ3n) is 3.60. The fraction of sp³-hybridized carbons (Fsp3) is 0.538. The van der Waals surface area contributed by atoms with Gasteiger partial charge in [-0.25, -0.2) is 8.42 Å². The number of benzene rings is 1. The lowest BCUT2D eigenvalue weighted by atomic mass is 10.1. The highest BCUT2D eigenvalue weighted by Crippen LogP contribution is 2.36. The lowest BCUT2D eigenvalue weighted by molar-refractivity contribution is 0.577. The van der Waals surface area contributed by atoms with Crippen molar-refractivity contribution in [1.82, 2.24) is 0 Å². The Balaban J connectivity index is 2.70. The third kappa shape index (κ3) is 2.01. The van der Waals surface area contributed by atoms with Crippen molar-refractivity contribution < 1.29 is 8.42 Å². The van der Waals surface area contributed by atoms with Crippen LogP contribution in [0.2, 0.25) is 0 Å². The van der Waals surface area contributed by atoms with Gasteiger partial charge in [0, 0.05) is 19.1 Å². The van der Waals surface area contributed by atoms with Crippen LogP contribution in [0.4, 0.5) is 5.69 Å². The van der Waals surface area contributed by atoms with Crippen molar-refractivity contribution in [3.8, 4) is 0 Å². The SMILES string of the molecule is Cc1ccc(C)c2c1N(C(C)CN)CCS2(=O)=O. The van der Waals surface area contributed by atoms with Crippen LogP contribution in [0.3, 0.4) is 0 Å². The van der Waals surface area contributed by atoms with Crippen molar-refractivity contribution in [1.29, 1.82) is 0 Å². The molecule has 0 saturated carbocycles. The molecule has 2 N–H and O–H groups in total. The second kappa shape index (κ2) is 4.55. The van der Waals surface area contributed by atoms with Crippen LogP contribution in [0.15, 0.2) is 17.0 Å². The maximum absolute atomic E-state index is 12.2. The molecule has 4 nitrogen and oxygen atoms in total. The zero-order chi connectivity index (χ0) is 13.5. The van der Waals surface area contributed by atoms with Gasteiger partial charge in [-0.2, -0.15) is 0 Å². The normalized spacial score (nSPS) is 19.4. The van der Waals surface area contributed by atoms with E-state index in [1.807, 2.05) is 32.9 Å². The van der Waals surface area contributed by atoms with E-state index in [-0.39, 0.29) is 11.8 Å². The van der Waals surface area contributed by atoms with E-state index in [1.54, 1.807) is 0 Å². The van der Waals surface area contributed by atoms with Crippen molar-refractivity contribution >= 4 is 15.5 Å². The highest BCUT2D eigenvalue weighted by Gasteiger charge is 2.32. The van der Waals surface area contributed by atoms with Crippen molar-refractivity contribution in [3.63, 3.8) is 0 Å². The van der Waals surface area contributed by atoms with Gasteiger partial charge in [-0.05, 0) is 31.9 Å². The van der Waals surface area contributed by atoms with Gasteiger partial charge in [0.2, 0.25) is 0 Å². The molecule has 100 valence electrons. The lowest BCUT2D eigenvalue weighted by Gasteiger charge is -2.37.